The molecule has 4 heteroatoms. The smallest absolute Gasteiger partial charge is 0.160 e. The van der Waals surface area contributed by atoms with Crippen LogP contribution in [0.4, 0.5) is 0 Å². The first-order chi connectivity index (χ1) is 46.4. The van der Waals surface area contributed by atoms with Gasteiger partial charge in [-0.1, -0.05) is 255 Å². The Morgan fingerprint density at radius 3 is 1.04 bits per heavy atom. The molecule has 3 aromatic heterocycles. The Balaban J connectivity index is 0.874. The van der Waals surface area contributed by atoms with Gasteiger partial charge in [-0.3, -0.25) is 9.97 Å². The van der Waals surface area contributed by atoms with E-state index in [2.05, 4.69) is 293 Å². The van der Waals surface area contributed by atoms with Gasteiger partial charge in [0.2, 0.25) is 0 Å². The molecule has 4 aliphatic rings. The maximum atomic E-state index is 5.94. The molecule has 94 heavy (non-hydrogen) atoms. The number of fused-ring (bicyclic) bond motifs is 23. The molecule has 3 heterocycles. The van der Waals surface area contributed by atoms with Crippen LogP contribution in [0.2, 0.25) is 0 Å². The maximum absolute atomic E-state index is 5.94. The summed E-state index contributed by atoms with van der Waals surface area (Å²) < 4.78 is 0. The first-order valence-electron chi connectivity index (χ1n) is 32.6. The molecule has 4 nitrogen and oxygen atoms in total. The van der Waals surface area contributed by atoms with Crippen LogP contribution in [0.5, 0.6) is 0 Å². The van der Waals surface area contributed by atoms with Crippen molar-refractivity contribution in [3.05, 3.63) is 359 Å². The summed E-state index contributed by atoms with van der Waals surface area (Å²) in [7, 11) is 0. The molecule has 0 amide bonds. The second kappa shape index (κ2) is 19.8. The molecule has 16 aromatic rings. The number of hydrogen-bond donors (Lipinski definition) is 0. The molecular formula is C90H56N4. The minimum atomic E-state index is -0.554. The van der Waals surface area contributed by atoms with E-state index in [1.165, 1.54) is 89.0 Å². The Hall–Kier alpha value is -12.0. The number of pyridine rings is 2. The highest BCUT2D eigenvalue weighted by molar-refractivity contribution is 6.07. The molecule has 2 spiro atoms. The molecule has 0 fully saturated rings. The molecule has 0 aliphatic heterocycles. The van der Waals surface area contributed by atoms with Crippen molar-refractivity contribution in [1.82, 2.24) is 19.9 Å². The Morgan fingerprint density at radius 1 is 0.234 bits per heavy atom. The summed E-state index contributed by atoms with van der Waals surface area (Å²) in [6, 6.07) is 109. The van der Waals surface area contributed by atoms with Crippen molar-refractivity contribution >= 4 is 32.7 Å². The molecule has 0 bridgehead atoms. The summed E-state index contributed by atoms with van der Waals surface area (Å²) in [5.41, 5.74) is 36.2. The Labute approximate surface area is 544 Å². The molecule has 436 valence electrons. The molecule has 0 saturated carbocycles. The van der Waals surface area contributed by atoms with Crippen molar-refractivity contribution in [2.75, 3.05) is 0 Å². The average molecular weight is 1190 g/mol. The van der Waals surface area contributed by atoms with Crippen LogP contribution in [0.3, 0.4) is 0 Å². The van der Waals surface area contributed by atoms with E-state index >= 15 is 0 Å². The molecule has 0 N–H and O–H groups in total. The molecular weight excluding hydrogens is 1140 g/mol. The lowest BCUT2D eigenvalue weighted by Gasteiger charge is -2.31. The van der Waals surface area contributed by atoms with Crippen molar-refractivity contribution in [3.8, 4) is 112 Å². The Bertz CT molecular complexity index is 5850. The zero-order chi connectivity index (χ0) is 62.0. The second-order valence-corrected chi connectivity index (χ2v) is 25.9. The van der Waals surface area contributed by atoms with Crippen LogP contribution in [-0.2, 0) is 10.8 Å². The normalized spacial score (nSPS) is 13.6. The third-order valence-electron chi connectivity index (χ3n) is 21.3. The quantitative estimate of drug-likeness (QED) is 0.166. The summed E-state index contributed by atoms with van der Waals surface area (Å²) >= 11 is 0. The van der Waals surface area contributed by atoms with Crippen LogP contribution in [0, 0.1) is 13.8 Å². The van der Waals surface area contributed by atoms with E-state index in [-0.39, 0.29) is 0 Å². The first-order valence-corrected chi connectivity index (χ1v) is 32.6. The highest BCUT2D eigenvalue weighted by Gasteiger charge is 2.53. The molecule has 13 aromatic carbocycles. The van der Waals surface area contributed by atoms with E-state index in [0.29, 0.717) is 5.82 Å². The Morgan fingerprint density at radius 2 is 0.596 bits per heavy atom. The fourth-order valence-electron chi connectivity index (χ4n) is 17.3. The van der Waals surface area contributed by atoms with Crippen molar-refractivity contribution in [1.29, 1.82) is 0 Å². The van der Waals surface area contributed by atoms with Gasteiger partial charge in [0.05, 0.1) is 33.1 Å². The van der Waals surface area contributed by atoms with E-state index in [0.717, 1.165) is 105 Å². The van der Waals surface area contributed by atoms with Crippen LogP contribution >= 0.6 is 0 Å². The molecule has 0 saturated heterocycles. The number of nitrogens with zero attached hydrogens (tertiary/aromatic N) is 4. The number of benzene rings is 13. The van der Waals surface area contributed by atoms with Gasteiger partial charge in [-0.25, -0.2) is 9.97 Å². The van der Waals surface area contributed by atoms with E-state index in [9.17, 15) is 0 Å². The predicted octanol–water partition coefficient (Wildman–Crippen LogP) is 22.0. The zero-order valence-corrected chi connectivity index (χ0v) is 51.7. The van der Waals surface area contributed by atoms with Crippen LogP contribution in [-0.4, -0.2) is 19.9 Å². The topological polar surface area (TPSA) is 51.6 Å². The largest absolute Gasteiger partial charge is 0.256 e. The second-order valence-electron chi connectivity index (χ2n) is 25.9. The van der Waals surface area contributed by atoms with E-state index in [1.54, 1.807) is 0 Å². The van der Waals surface area contributed by atoms with Crippen LogP contribution in [0.15, 0.2) is 304 Å². The number of aromatic nitrogens is 4. The van der Waals surface area contributed by atoms with Gasteiger partial charge in [0.1, 0.15) is 0 Å². The van der Waals surface area contributed by atoms with Gasteiger partial charge in [0, 0.05) is 56.4 Å². The van der Waals surface area contributed by atoms with Gasteiger partial charge in [-0.2, -0.15) is 0 Å². The molecule has 20 rings (SSSR count). The van der Waals surface area contributed by atoms with Crippen LogP contribution in [0.25, 0.3) is 144 Å². The molecule has 0 atom stereocenters. The number of aryl methyl sites for hydroxylation is 2. The predicted molar refractivity (Wildman–Crippen MR) is 385 cm³/mol. The van der Waals surface area contributed by atoms with Crippen LogP contribution in [0.1, 0.15) is 55.6 Å². The molecule has 4 aliphatic carbocycles. The standard InChI is InChI=1S/C90H56N4/c1-53-47-58(64-29-15-19-55-21-17-45-91-84(55)64)38-41-62(53)86-75-50-61(57-37-43-72-70-27-7-13-35-80(70)89(82(72)51-57)76-31-9-3-23-66(76)67-24-4-10-32-77(67)89)49-74(87(75)94-88(93-86)63-42-39-59(48-54(63)2)65-30-16-20-56-22-18-46-92-85(56)65)60-40-44-73-71-28-8-14-36-81(71)90(83(73)52-60)78-33-11-5-25-68(78)69-26-6-12-34-79(69)90/h3-52H,1-2H3. The average Bonchev–Trinajstić information content (AvgIpc) is 1.52. The highest BCUT2D eigenvalue weighted by Crippen LogP contribution is 2.65. The number of para-hydroxylation sites is 2. The highest BCUT2D eigenvalue weighted by atomic mass is 14.9. The van der Waals surface area contributed by atoms with Gasteiger partial charge >= 0.3 is 0 Å². The third kappa shape index (κ3) is 7.17. The summed E-state index contributed by atoms with van der Waals surface area (Å²) in [5.74, 6) is 0.665. The number of rotatable bonds is 6. The van der Waals surface area contributed by atoms with Crippen molar-refractivity contribution in [2.24, 2.45) is 0 Å². The minimum absolute atomic E-state index is 0.523. The van der Waals surface area contributed by atoms with Gasteiger partial charge < -0.3 is 0 Å². The van der Waals surface area contributed by atoms with Gasteiger partial charge in [0.25, 0.3) is 0 Å². The van der Waals surface area contributed by atoms with Crippen molar-refractivity contribution in [2.45, 2.75) is 24.7 Å². The van der Waals surface area contributed by atoms with Gasteiger partial charge in [-0.05, 0) is 178 Å². The lowest BCUT2D eigenvalue weighted by molar-refractivity contribution is 0.794. The third-order valence-corrected chi connectivity index (χ3v) is 21.3. The van der Waals surface area contributed by atoms with E-state index in [1.807, 2.05) is 24.5 Å². The zero-order valence-electron chi connectivity index (χ0n) is 51.7. The van der Waals surface area contributed by atoms with Gasteiger partial charge in [0.15, 0.2) is 5.82 Å². The summed E-state index contributed by atoms with van der Waals surface area (Å²) in [5, 5.41) is 3.19. The summed E-state index contributed by atoms with van der Waals surface area (Å²) in [6.45, 7) is 4.43. The van der Waals surface area contributed by atoms with Crippen molar-refractivity contribution in [3.63, 3.8) is 0 Å². The minimum Gasteiger partial charge on any atom is -0.256 e. The summed E-state index contributed by atoms with van der Waals surface area (Å²) in [4.78, 5) is 21.6. The first kappa shape index (κ1) is 52.8. The van der Waals surface area contributed by atoms with Crippen LogP contribution < -0.4 is 0 Å². The lowest BCUT2D eigenvalue weighted by atomic mass is 9.70. The van der Waals surface area contributed by atoms with E-state index < -0.39 is 10.8 Å². The monoisotopic (exact) mass is 1190 g/mol. The fraction of sp³-hybridized carbons (Fsp3) is 0.0444. The maximum Gasteiger partial charge on any atom is 0.160 e. The van der Waals surface area contributed by atoms with E-state index in [4.69, 9.17) is 19.9 Å². The van der Waals surface area contributed by atoms with Gasteiger partial charge in [-0.15, -0.1) is 0 Å². The fourth-order valence-corrected chi connectivity index (χ4v) is 17.3. The Kier molecular flexibility index (Phi) is 11.1. The summed E-state index contributed by atoms with van der Waals surface area (Å²) in [6.07, 6.45) is 3.77. The molecule has 0 unspecified atom stereocenters. The SMILES string of the molecule is Cc1cc(-c2cccc3cccnc23)ccc1-c1nc(-c2ccc(-c3cccc4cccnc34)cc2C)c2cc(-c3ccc4c(c3)C3(c5ccccc5-c5ccccc53)c3ccccc3-4)cc(-c3ccc4c(c3)C3(c5ccccc5-c5ccccc53)c3ccccc3-4)c2n1. The lowest BCUT2D eigenvalue weighted by Crippen LogP contribution is -2.25. The van der Waals surface area contributed by atoms with Crippen molar-refractivity contribution < 1.29 is 0 Å². The molecule has 0 radical (unpaired) electrons. The number of hydrogen-bond acceptors (Lipinski definition) is 4.